The van der Waals surface area contributed by atoms with Gasteiger partial charge in [-0.15, -0.1) is 0 Å². The number of benzene rings is 1. The zero-order valence-electron chi connectivity index (χ0n) is 11.5. The number of anilines is 1. The summed E-state index contributed by atoms with van der Waals surface area (Å²) in [5.41, 5.74) is 0.161. The van der Waals surface area contributed by atoms with Gasteiger partial charge in [-0.2, -0.15) is 0 Å². The maximum Gasteiger partial charge on any atom is 0.142 e. The first-order chi connectivity index (χ1) is 10.1. The van der Waals surface area contributed by atoms with Crippen LogP contribution in [-0.4, -0.2) is 23.2 Å². The van der Waals surface area contributed by atoms with Crippen LogP contribution in [0.1, 0.15) is 18.4 Å². The third-order valence-corrected chi connectivity index (χ3v) is 4.88. The Morgan fingerprint density at radius 2 is 1.81 bits per heavy atom. The SMILES string of the molecule is OC1(c2ccc(Cl)cc2)CCN(c2ncccc2Br)CC1. The van der Waals surface area contributed by atoms with Crippen molar-refractivity contribution in [3.05, 3.63) is 57.7 Å². The molecule has 5 heteroatoms. The van der Waals surface area contributed by atoms with Gasteiger partial charge in [0, 0.05) is 24.3 Å². The number of rotatable bonds is 2. The molecule has 2 heterocycles. The number of aliphatic hydroxyl groups is 1. The fourth-order valence-electron chi connectivity index (χ4n) is 2.75. The van der Waals surface area contributed by atoms with E-state index in [1.807, 2.05) is 36.4 Å². The van der Waals surface area contributed by atoms with E-state index in [-0.39, 0.29) is 0 Å². The molecular formula is C16H16BrClN2O. The topological polar surface area (TPSA) is 36.4 Å². The largest absolute Gasteiger partial charge is 0.385 e. The minimum atomic E-state index is -0.775. The van der Waals surface area contributed by atoms with E-state index < -0.39 is 5.60 Å². The summed E-state index contributed by atoms with van der Waals surface area (Å²) in [6.45, 7) is 1.55. The lowest BCUT2D eigenvalue weighted by atomic mass is 9.84. The van der Waals surface area contributed by atoms with Gasteiger partial charge in [-0.05, 0) is 58.6 Å². The summed E-state index contributed by atoms with van der Waals surface area (Å²) in [6.07, 6.45) is 3.15. The summed E-state index contributed by atoms with van der Waals surface area (Å²) < 4.78 is 0.988. The first-order valence-electron chi connectivity index (χ1n) is 6.92. The lowest BCUT2D eigenvalue weighted by Gasteiger charge is -2.39. The van der Waals surface area contributed by atoms with Crippen LogP contribution in [0.2, 0.25) is 5.02 Å². The molecule has 21 heavy (non-hydrogen) atoms. The maximum atomic E-state index is 10.9. The van der Waals surface area contributed by atoms with Crippen LogP contribution in [0.5, 0.6) is 0 Å². The summed E-state index contributed by atoms with van der Waals surface area (Å²) in [7, 11) is 0. The smallest absolute Gasteiger partial charge is 0.142 e. The summed E-state index contributed by atoms with van der Waals surface area (Å²) in [5.74, 6) is 0.940. The molecule has 0 saturated carbocycles. The van der Waals surface area contributed by atoms with E-state index in [4.69, 9.17) is 11.6 Å². The zero-order valence-corrected chi connectivity index (χ0v) is 13.8. The molecule has 3 nitrogen and oxygen atoms in total. The molecule has 1 saturated heterocycles. The highest BCUT2D eigenvalue weighted by atomic mass is 79.9. The Hall–Kier alpha value is -1.10. The Balaban J connectivity index is 1.75. The molecule has 0 amide bonds. The molecule has 0 atom stereocenters. The van der Waals surface area contributed by atoms with E-state index in [1.165, 1.54) is 0 Å². The third kappa shape index (κ3) is 3.07. The van der Waals surface area contributed by atoms with Crippen molar-refractivity contribution >= 4 is 33.3 Å². The van der Waals surface area contributed by atoms with Crippen LogP contribution < -0.4 is 4.90 Å². The minimum Gasteiger partial charge on any atom is -0.385 e. The van der Waals surface area contributed by atoms with Crippen LogP contribution in [0.25, 0.3) is 0 Å². The number of pyridine rings is 1. The molecule has 0 radical (unpaired) electrons. The van der Waals surface area contributed by atoms with E-state index in [2.05, 4.69) is 25.8 Å². The van der Waals surface area contributed by atoms with Gasteiger partial charge in [0.2, 0.25) is 0 Å². The van der Waals surface area contributed by atoms with Crippen molar-refractivity contribution in [3.63, 3.8) is 0 Å². The molecular weight excluding hydrogens is 352 g/mol. The molecule has 1 N–H and O–H groups in total. The van der Waals surface area contributed by atoms with Crippen molar-refractivity contribution < 1.29 is 5.11 Å². The summed E-state index contributed by atoms with van der Waals surface area (Å²) in [6, 6.07) is 11.4. The number of halogens is 2. The maximum absolute atomic E-state index is 10.9. The van der Waals surface area contributed by atoms with Gasteiger partial charge in [-0.1, -0.05) is 23.7 Å². The fourth-order valence-corrected chi connectivity index (χ4v) is 3.38. The number of piperidine rings is 1. The molecule has 0 bridgehead atoms. The van der Waals surface area contributed by atoms with Gasteiger partial charge in [0.25, 0.3) is 0 Å². The van der Waals surface area contributed by atoms with Gasteiger partial charge >= 0.3 is 0 Å². The second-order valence-corrected chi connectivity index (χ2v) is 6.63. The molecule has 0 unspecified atom stereocenters. The van der Waals surface area contributed by atoms with Crippen LogP contribution in [0.15, 0.2) is 47.1 Å². The highest BCUT2D eigenvalue weighted by molar-refractivity contribution is 9.10. The number of aromatic nitrogens is 1. The molecule has 0 aliphatic carbocycles. The van der Waals surface area contributed by atoms with Gasteiger partial charge in [0.1, 0.15) is 5.82 Å². The van der Waals surface area contributed by atoms with Crippen molar-refractivity contribution in [2.45, 2.75) is 18.4 Å². The van der Waals surface area contributed by atoms with Crippen LogP contribution in [0.4, 0.5) is 5.82 Å². The average molecular weight is 368 g/mol. The standard InChI is InChI=1S/C16H16BrClN2O/c17-14-2-1-9-19-15(14)20-10-7-16(21,8-11-20)12-3-5-13(18)6-4-12/h1-6,9,21H,7-8,10-11H2. The van der Waals surface area contributed by atoms with E-state index in [1.54, 1.807) is 6.20 Å². The summed E-state index contributed by atoms with van der Waals surface area (Å²) in [5, 5.41) is 11.6. The molecule has 0 spiro atoms. The van der Waals surface area contributed by atoms with Crippen LogP contribution in [0, 0.1) is 0 Å². The lowest BCUT2D eigenvalue weighted by molar-refractivity contribution is 0.0116. The predicted octanol–water partition coefficient (Wildman–Crippen LogP) is 3.99. The summed E-state index contributed by atoms with van der Waals surface area (Å²) in [4.78, 5) is 6.62. The normalized spacial score (nSPS) is 17.8. The second kappa shape index (κ2) is 5.95. The predicted molar refractivity (Wildman–Crippen MR) is 88.7 cm³/mol. The summed E-state index contributed by atoms with van der Waals surface area (Å²) >= 11 is 9.45. The number of hydrogen-bond acceptors (Lipinski definition) is 3. The number of nitrogens with zero attached hydrogens (tertiary/aromatic N) is 2. The molecule has 1 aromatic carbocycles. The van der Waals surface area contributed by atoms with Gasteiger partial charge in [-0.25, -0.2) is 4.98 Å². The van der Waals surface area contributed by atoms with Gasteiger partial charge < -0.3 is 10.0 Å². The Bertz CT molecular complexity index is 624. The quantitative estimate of drug-likeness (QED) is 0.872. The third-order valence-electron chi connectivity index (χ3n) is 4.01. The van der Waals surface area contributed by atoms with Crippen molar-refractivity contribution in [1.82, 2.24) is 4.98 Å². The molecule has 1 aliphatic heterocycles. The average Bonchev–Trinajstić information content (AvgIpc) is 2.49. The van der Waals surface area contributed by atoms with E-state index in [9.17, 15) is 5.11 Å². The lowest BCUT2D eigenvalue weighted by Crippen LogP contribution is -2.43. The van der Waals surface area contributed by atoms with Gasteiger partial charge in [0.05, 0.1) is 10.1 Å². The van der Waals surface area contributed by atoms with Crippen LogP contribution >= 0.6 is 27.5 Å². The Labute approximate surface area is 137 Å². The number of hydrogen-bond donors (Lipinski definition) is 1. The second-order valence-electron chi connectivity index (χ2n) is 5.33. The molecule has 1 aromatic heterocycles. The first-order valence-corrected chi connectivity index (χ1v) is 8.09. The molecule has 3 rings (SSSR count). The van der Waals surface area contributed by atoms with E-state index >= 15 is 0 Å². The van der Waals surface area contributed by atoms with Crippen LogP contribution in [-0.2, 0) is 5.60 Å². The van der Waals surface area contributed by atoms with Gasteiger partial charge in [0.15, 0.2) is 0 Å². The monoisotopic (exact) mass is 366 g/mol. The van der Waals surface area contributed by atoms with Crippen molar-refractivity contribution in [3.8, 4) is 0 Å². The minimum absolute atomic E-state index is 0.678. The zero-order chi connectivity index (χ0) is 14.9. The Morgan fingerprint density at radius 1 is 1.14 bits per heavy atom. The molecule has 1 aliphatic rings. The Morgan fingerprint density at radius 3 is 2.43 bits per heavy atom. The van der Waals surface area contributed by atoms with Crippen molar-refractivity contribution in [2.24, 2.45) is 0 Å². The first kappa shape index (κ1) is 14.8. The van der Waals surface area contributed by atoms with E-state index in [0.717, 1.165) is 28.9 Å². The highest BCUT2D eigenvalue weighted by Crippen LogP contribution is 2.35. The Kier molecular flexibility index (Phi) is 4.20. The molecule has 110 valence electrons. The highest BCUT2D eigenvalue weighted by Gasteiger charge is 2.34. The van der Waals surface area contributed by atoms with Crippen molar-refractivity contribution in [1.29, 1.82) is 0 Å². The van der Waals surface area contributed by atoms with E-state index in [0.29, 0.717) is 17.9 Å². The molecule has 2 aromatic rings. The molecule has 1 fully saturated rings. The fraction of sp³-hybridized carbons (Fsp3) is 0.312. The van der Waals surface area contributed by atoms with Gasteiger partial charge in [-0.3, -0.25) is 0 Å². The van der Waals surface area contributed by atoms with Crippen molar-refractivity contribution in [2.75, 3.05) is 18.0 Å². The van der Waals surface area contributed by atoms with Crippen LogP contribution in [0.3, 0.4) is 0 Å².